The van der Waals surface area contributed by atoms with E-state index in [1.165, 1.54) is 6.07 Å². The van der Waals surface area contributed by atoms with Crippen molar-refractivity contribution in [3.05, 3.63) is 28.2 Å². The molecule has 2 nitrogen and oxygen atoms in total. The second kappa shape index (κ2) is 3.78. The zero-order valence-electron chi connectivity index (χ0n) is 6.72. The maximum atomic E-state index is 12.1. The van der Waals surface area contributed by atoms with Crippen LogP contribution in [0, 0.1) is 0 Å². The first-order valence-corrected chi connectivity index (χ1v) is 4.35. The van der Waals surface area contributed by atoms with Crippen molar-refractivity contribution in [3.8, 4) is 5.75 Å². The van der Waals surface area contributed by atoms with Gasteiger partial charge in [0.2, 0.25) is 0 Å². The number of benzene rings is 1. The molecule has 78 valence electrons. The zero-order valence-corrected chi connectivity index (χ0v) is 8.30. The van der Waals surface area contributed by atoms with Crippen LogP contribution >= 0.6 is 15.9 Å². The van der Waals surface area contributed by atoms with Gasteiger partial charge < -0.3 is 10.2 Å². The highest BCUT2D eigenvalue weighted by Crippen LogP contribution is 2.37. The quantitative estimate of drug-likeness (QED) is 0.824. The summed E-state index contributed by atoms with van der Waals surface area (Å²) in [7, 11) is 0. The first kappa shape index (κ1) is 11.3. The number of rotatable bonds is 1. The van der Waals surface area contributed by atoms with Gasteiger partial charge in [-0.1, -0.05) is 15.9 Å². The smallest absolute Gasteiger partial charge is 0.418 e. The van der Waals surface area contributed by atoms with E-state index in [2.05, 4.69) is 15.9 Å². The fraction of sp³-hybridized carbons (Fsp3) is 0.250. The minimum Gasteiger partial charge on any atom is -0.508 e. The number of aromatic hydroxyl groups is 1. The summed E-state index contributed by atoms with van der Waals surface area (Å²) in [5.41, 5.74) is -0.563. The third kappa shape index (κ3) is 2.39. The molecule has 0 bridgehead atoms. The van der Waals surface area contributed by atoms with Crippen LogP contribution in [0.5, 0.6) is 5.75 Å². The van der Waals surface area contributed by atoms with Crippen molar-refractivity contribution in [1.29, 1.82) is 0 Å². The monoisotopic (exact) mass is 270 g/mol. The lowest BCUT2D eigenvalue weighted by molar-refractivity contribution is -0.207. The van der Waals surface area contributed by atoms with Crippen molar-refractivity contribution in [3.63, 3.8) is 0 Å². The maximum Gasteiger partial charge on any atom is 0.418 e. The molecule has 0 aliphatic heterocycles. The van der Waals surface area contributed by atoms with Crippen LogP contribution in [0.25, 0.3) is 0 Å². The summed E-state index contributed by atoms with van der Waals surface area (Å²) in [6, 6.07) is 3.48. The summed E-state index contributed by atoms with van der Waals surface area (Å²) >= 11 is 2.94. The maximum absolute atomic E-state index is 12.1. The molecular weight excluding hydrogens is 265 g/mol. The molecule has 1 atom stereocenters. The Labute approximate surface area is 86.1 Å². The van der Waals surface area contributed by atoms with Crippen molar-refractivity contribution < 1.29 is 23.4 Å². The second-order valence-corrected chi connectivity index (χ2v) is 3.56. The average molecular weight is 271 g/mol. The Bertz CT molecular complexity index is 338. The number of halogens is 4. The highest BCUT2D eigenvalue weighted by atomic mass is 79.9. The number of hydrogen-bond acceptors (Lipinski definition) is 2. The number of aliphatic hydroxyl groups is 1. The van der Waals surface area contributed by atoms with Gasteiger partial charge in [0.25, 0.3) is 0 Å². The molecule has 0 aliphatic carbocycles. The van der Waals surface area contributed by atoms with E-state index in [1.807, 2.05) is 0 Å². The largest absolute Gasteiger partial charge is 0.508 e. The number of alkyl halides is 3. The minimum atomic E-state index is -4.78. The van der Waals surface area contributed by atoms with Crippen LogP contribution in [-0.2, 0) is 0 Å². The molecule has 0 spiro atoms. The van der Waals surface area contributed by atoms with Crippen LogP contribution in [0.2, 0.25) is 0 Å². The predicted octanol–water partition coefficient (Wildman–Crippen LogP) is 2.75. The molecular formula is C8H6BrF3O2. The molecule has 6 heteroatoms. The van der Waals surface area contributed by atoms with Crippen molar-refractivity contribution in [2.75, 3.05) is 0 Å². The van der Waals surface area contributed by atoms with E-state index < -0.39 is 23.6 Å². The molecule has 1 rings (SSSR count). The van der Waals surface area contributed by atoms with Crippen molar-refractivity contribution in [2.45, 2.75) is 12.3 Å². The molecule has 0 unspecified atom stereocenters. The molecule has 0 saturated carbocycles. The van der Waals surface area contributed by atoms with E-state index in [0.29, 0.717) is 4.47 Å². The highest BCUT2D eigenvalue weighted by molar-refractivity contribution is 9.10. The molecule has 0 fully saturated rings. The van der Waals surface area contributed by atoms with Crippen molar-refractivity contribution in [2.24, 2.45) is 0 Å². The van der Waals surface area contributed by atoms with Crippen LogP contribution < -0.4 is 0 Å². The first-order chi connectivity index (χ1) is 6.32. The Morgan fingerprint density at radius 2 is 1.86 bits per heavy atom. The molecule has 1 aromatic carbocycles. The Balaban J connectivity index is 3.12. The van der Waals surface area contributed by atoms with E-state index in [9.17, 15) is 13.2 Å². The lowest BCUT2D eigenvalue weighted by atomic mass is 10.1. The summed E-state index contributed by atoms with van der Waals surface area (Å²) in [6.07, 6.45) is -7.45. The molecule has 14 heavy (non-hydrogen) atoms. The number of phenolic OH excluding ortho intramolecular Hbond substituents is 1. The van der Waals surface area contributed by atoms with Gasteiger partial charge in [0.15, 0.2) is 6.10 Å². The van der Waals surface area contributed by atoms with Crippen LogP contribution in [0.3, 0.4) is 0 Å². The van der Waals surface area contributed by atoms with Gasteiger partial charge in [0.1, 0.15) is 5.75 Å². The third-order valence-corrected chi connectivity index (χ3v) is 2.09. The van der Waals surface area contributed by atoms with Gasteiger partial charge in [-0.2, -0.15) is 13.2 Å². The molecule has 0 amide bonds. The van der Waals surface area contributed by atoms with Crippen LogP contribution in [-0.4, -0.2) is 16.4 Å². The van der Waals surface area contributed by atoms with E-state index >= 15 is 0 Å². The zero-order chi connectivity index (χ0) is 10.9. The first-order valence-electron chi connectivity index (χ1n) is 3.55. The molecule has 0 aromatic heterocycles. The molecule has 0 heterocycles. The van der Waals surface area contributed by atoms with Crippen LogP contribution in [0.4, 0.5) is 13.2 Å². The fourth-order valence-electron chi connectivity index (χ4n) is 0.921. The Morgan fingerprint density at radius 3 is 2.36 bits per heavy atom. The number of phenols is 1. The number of hydrogen-bond donors (Lipinski definition) is 2. The highest BCUT2D eigenvalue weighted by Gasteiger charge is 2.40. The standard InChI is InChI=1S/C8H6BrF3O2/c9-4-1-2-6(13)5(3-4)7(14)8(10,11)12/h1-3,7,13-14H/t7-/m1/s1. The van der Waals surface area contributed by atoms with E-state index in [4.69, 9.17) is 10.2 Å². The molecule has 1 aromatic rings. The van der Waals surface area contributed by atoms with Gasteiger partial charge in [-0.05, 0) is 18.2 Å². The Hall–Kier alpha value is -0.750. The normalized spacial score (nSPS) is 14.1. The summed E-state index contributed by atoms with van der Waals surface area (Å²) in [6.45, 7) is 0. The summed E-state index contributed by atoms with van der Waals surface area (Å²) in [5.74, 6) is -0.585. The second-order valence-electron chi connectivity index (χ2n) is 2.65. The van der Waals surface area contributed by atoms with Crippen LogP contribution in [0.15, 0.2) is 22.7 Å². The van der Waals surface area contributed by atoms with Crippen molar-refractivity contribution >= 4 is 15.9 Å². The fourth-order valence-corrected chi connectivity index (χ4v) is 1.30. The lowest BCUT2D eigenvalue weighted by Crippen LogP contribution is -2.20. The molecule has 2 N–H and O–H groups in total. The topological polar surface area (TPSA) is 40.5 Å². The van der Waals surface area contributed by atoms with Gasteiger partial charge in [0, 0.05) is 10.0 Å². The summed E-state index contributed by atoms with van der Waals surface area (Å²) in [4.78, 5) is 0. The van der Waals surface area contributed by atoms with Gasteiger partial charge >= 0.3 is 6.18 Å². The average Bonchev–Trinajstić information content (AvgIpc) is 2.06. The van der Waals surface area contributed by atoms with Gasteiger partial charge in [-0.25, -0.2) is 0 Å². The van der Waals surface area contributed by atoms with E-state index in [-0.39, 0.29) is 0 Å². The molecule has 0 saturated heterocycles. The Morgan fingerprint density at radius 1 is 1.29 bits per heavy atom. The predicted molar refractivity (Wildman–Crippen MR) is 46.8 cm³/mol. The number of aliphatic hydroxyl groups excluding tert-OH is 1. The van der Waals surface area contributed by atoms with Gasteiger partial charge in [-0.15, -0.1) is 0 Å². The lowest BCUT2D eigenvalue weighted by Gasteiger charge is -2.15. The SMILES string of the molecule is Oc1ccc(Br)cc1[C@@H](O)C(F)(F)F. The van der Waals surface area contributed by atoms with E-state index in [1.54, 1.807) is 0 Å². The summed E-state index contributed by atoms with van der Waals surface area (Å²) in [5, 5.41) is 17.9. The Kier molecular flexibility index (Phi) is 3.06. The third-order valence-electron chi connectivity index (χ3n) is 1.59. The molecule has 0 radical (unpaired) electrons. The van der Waals surface area contributed by atoms with Gasteiger partial charge in [0.05, 0.1) is 0 Å². The van der Waals surface area contributed by atoms with Crippen LogP contribution in [0.1, 0.15) is 11.7 Å². The van der Waals surface area contributed by atoms with Gasteiger partial charge in [-0.3, -0.25) is 0 Å². The summed E-state index contributed by atoms with van der Waals surface area (Å²) < 4.78 is 36.6. The minimum absolute atomic E-state index is 0.355. The molecule has 0 aliphatic rings. The van der Waals surface area contributed by atoms with Crippen molar-refractivity contribution in [1.82, 2.24) is 0 Å². The van der Waals surface area contributed by atoms with E-state index in [0.717, 1.165) is 12.1 Å².